The van der Waals surface area contributed by atoms with Crippen molar-refractivity contribution < 1.29 is 0 Å². The van der Waals surface area contributed by atoms with Crippen LogP contribution >= 0.6 is 0 Å². The molecule has 0 saturated carbocycles. The first-order valence-electron chi connectivity index (χ1n) is 5.91. The van der Waals surface area contributed by atoms with Crippen LogP contribution in [0.15, 0.2) is 48.7 Å². The first-order chi connectivity index (χ1) is 9.28. The topological polar surface area (TPSA) is 77.6 Å². The zero-order valence-electron chi connectivity index (χ0n) is 10.1. The van der Waals surface area contributed by atoms with E-state index < -0.39 is 0 Å². The molecule has 0 radical (unpaired) electrons. The molecule has 3 aromatic rings. The molecule has 0 bridgehead atoms. The molecule has 0 fully saturated rings. The molecule has 1 heterocycles. The minimum absolute atomic E-state index is 0.580. The lowest BCUT2D eigenvalue weighted by Crippen LogP contribution is -1.96. The number of nitrogens with zero attached hydrogens (tertiary/aromatic N) is 1. The van der Waals surface area contributed by atoms with Gasteiger partial charge in [0, 0.05) is 17.1 Å². The van der Waals surface area contributed by atoms with Crippen LogP contribution in [0.4, 0.5) is 17.1 Å². The van der Waals surface area contributed by atoms with Crippen LogP contribution in [-0.4, -0.2) is 4.98 Å². The highest BCUT2D eigenvalue weighted by Crippen LogP contribution is 2.29. The molecule has 3 rings (SSSR count). The first kappa shape index (κ1) is 11.2. The van der Waals surface area contributed by atoms with Gasteiger partial charge in [0.05, 0.1) is 28.7 Å². The number of nitrogens with one attached hydrogen (secondary N) is 2. The lowest BCUT2D eigenvalue weighted by Gasteiger charge is -2.08. The van der Waals surface area contributed by atoms with Crippen LogP contribution in [0.25, 0.3) is 10.9 Å². The maximum Gasteiger partial charge on any atom is 0.0992 e. The van der Waals surface area contributed by atoms with Gasteiger partial charge in [-0.25, -0.2) is 0 Å². The van der Waals surface area contributed by atoms with Crippen molar-refractivity contribution in [3.63, 3.8) is 0 Å². The van der Waals surface area contributed by atoms with Crippen LogP contribution in [0, 0.1) is 11.3 Å². The molecule has 4 nitrogen and oxygen atoms in total. The maximum atomic E-state index is 8.93. The number of rotatable bonds is 2. The van der Waals surface area contributed by atoms with Gasteiger partial charge in [-0.15, -0.1) is 0 Å². The molecule has 0 saturated heterocycles. The van der Waals surface area contributed by atoms with Gasteiger partial charge in [0.1, 0.15) is 0 Å². The summed E-state index contributed by atoms with van der Waals surface area (Å²) < 4.78 is 0. The lowest BCUT2D eigenvalue weighted by atomic mass is 10.1. The standard InChI is InChI=1S/C15H12N4/c16-8-10-5-6-12(17)14(7-10)19-15-9-18-13-4-2-1-3-11(13)15/h1-7,9,18-19H,17H2. The van der Waals surface area contributed by atoms with E-state index in [0.29, 0.717) is 11.3 Å². The van der Waals surface area contributed by atoms with E-state index >= 15 is 0 Å². The molecule has 19 heavy (non-hydrogen) atoms. The van der Waals surface area contributed by atoms with E-state index in [1.54, 1.807) is 18.2 Å². The van der Waals surface area contributed by atoms with Crippen molar-refractivity contribution in [2.24, 2.45) is 0 Å². The maximum absolute atomic E-state index is 8.93. The Bertz CT molecular complexity index is 780. The molecule has 1 aromatic heterocycles. The van der Waals surface area contributed by atoms with E-state index in [1.165, 1.54) is 0 Å². The van der Waals surface area contributed by atoms with E-state index in [9.17, 15) is 0 Å². The third kappa shape index (κ3) is 1.98. The van der Waals surface area contributed by atoms with Gasteiger partial charge >= 0.3 is 0 Å². The highest BCUT2D eigenvalue weighted by atomic mass is 14.9. The van der Waals surface area contributed by atoms with Crippen LogP contribution in [0.5, 0.6) is 0 Å². The number of fused-ring (bicyclic) bond motifs is 1. The Balaban J connectivity index is 2.04. The summed E-state index contributed by atoms with van der Waals surface area (Å²) in [5.74, 6) is 0. The smallest absolute Gasteiger partial charge is 0.0992 e. The molecule has 0 atom stereocenters. The van der Waals surface area contributed by atoms with Gasteiger partial charge in [0.2, 0.25) is 0 Å². The molecule has 4 heteroatoms. The number of hydrogen-bond donors (Lipinski definition) is 3. The highest BCUT2D eigenvalue weighted by molar-refractivity contribution is 5.95. The summed E-state index contributed by atoms with van der Waals surface area (Å²) in [5.41, 5.74) is 9.86. The first-order valence-corrected chi connectivity index (χ1v) is 5.91. The van der Waals surface area contributed by atoms with E-state index in [4.69, 9.17) is 11.0 Å². The molecular formula is C15H12N4. The summed E-state index contributed by atoms with van der Waals surface area (Å²) in [4.78, 5) is 3.19. The summed E-state index contributed by atoms with van der Waals surface area (Å²) in [6.45, 7) is 0. The molecule has 92 valence electrons. The molecular weight excluding hydrogens is 236 g/mol. The second kappa shape index (κ2) is 4.39. The Morgan fingerprint density at radius 1 is 1.11 bits per heavy atom. The summed E-state index contributed by atoms with van der Waals surface area (Å²) in [5, 5.41) is 13.3. The Morgan fingerprint density at radius 3 is 2.79 bits per heavy atom. The summed E-state index contributed by atoms with van der Waals surface area (Å²) in [6, 6.07) is 15.3. The third-order valence-corrected chi connectivity index (χ3v) is 3.04. The van der Waals surface area contributed by atoms with Crippen molar-refractivity contribution in [3.8, 4) is 6.07 Å². The van der Waals surface area contributed by atoms with Crippen molar-refractivity contribution in [1.29, 1.82) is 5.26 Å². The summed E-state index contributed by atoms with van der Waals surface area (Å²) >= 11 is 0. The zero-order valence-corrected chi connectivity index (χ0v) is 10.1. The average Bonchev–Trinajstić information content (AvgIpc) is 2.85. The number of nitrogen functional groups attached to an aromatic ring is 1. The second-order valence-electron chi connectivity index (χ2n) is 4.29. The third-order valence-electron chi connectivity index (χ3n) is 3.04. The lowest BCUT2D eigenvalue weighted by molar-refractivity contribution is 1.45. The Morgan fingerprint density at radius 2 is 1.95 bits per heavy atom. The van der Waals surface area contributed by atoms with Gasteiger partial charge < -0.3 is 16.0 Å². The van der Waals surface area contributed by atoms with Crippen LogP contribution < -0.4 is 11.1 Å². The fourth-order valence-electron chi connectivity index (χ4n) is 2.05. The number of nitriles is 1. The average molecular weight is 248 g/mol. The number of para-hydroxylation sites is 1. The number of hydrogen-bond acceptors (Lipinski definition) is 3. The van der Waals surface area contributed by atoms with Crippen LogP contribution in [0.2, 0.25) is 0 Å². The highest BCUT2D eigenvalue weighted by Gasteiger charge is 2.06. The number of benzene rings is 2. The predicted octanol–water partition coefficient (Wildman–Crippen LogP) is 3.37. The molecule has 0 aliphatic carbocycles. The van der Waals surface area contributed by atoms with Crippen molar-refractivity contribution in [1.82, 2.24) is 4.98 Å². The molecule has 0 amide bonds. The predicted molar refractivity (Wildman–Crippen MR) is 77.2 cm³/mol. The monoisotopic (exact) mass is 248 g/mol. The minimum atomic E-state index is 0.580. The zero-order chi connectivity index (χ0) is 13.2. The van der Waals surface area contributed by atoms with Gasteiger partial charge in [-0.2, -0.15) is 5.26 Å². The van der Waals surface area contributed by atoms with Gasteiger partial charge in [-0.3, -0.25) is 0 Å². The molecule has 2 aromatic carbocycles. The van der Waals surface area contributed by atoms with Crippen LogP contribution in [0.1, 0.15) is 5.56 Å². The van der Waals surface area contributed by atoms with E-state index in [1.807, 2.05) is 30.5 Å². The normalized spacial score (nSPS) is 10.3. The fourth-order valence-corrected chi connectivity index (χ4v) is 2.05. The SMILES string of the molecule is N#Cc1ccc(N)c(Nc2c[nH]c3ccccc23)c1. The van der Waals surface area contributed by atoms with E-state index in [2.05, 4.69) is 16.4 Å². The van der Waals surface area contributed by atoms with Crippen molar-refractivity contribution in [2.45, 2.75) is 0 Å². The summed E-state index contributed by atoms with van der Waals surface area (Å²) in [7, 11) is 0. The van der Waals surface area contributed by atoms with Gasteiger partial charge in [0.15, 0.2) is 0 Å². The van der Waals surface area contributed by atoms with E-state index in [0.717, 1.165) is 22.3 Å². The van der Waals surface area contributed by atoms with Crippen molar-refractivity contribution >= 4 is 28.0 Å². The van der Waals surface area contributed by atoms with Crippen LogP contribution in [0.3, 0.4) is 0 Å². The number of aromatic amines is 1. The van der Waals surface area contributed by atoms with E-state index in [-0.39, 0.29) is 0 Å². The van der Waals surface area contributed by atoms with Crippen LogP contribution in [-0.2, 0) is 0 Å². The Hall–Kier alpha value is -2.93. The Kier molecular flexibility index (Phi) is 2.58. The molecule has 0 aliphatic rings. The van der Waals surface area contributed by atoms with Gasteiger partial charge in [-0.05, 0) is 24.3 Å². The molecule has 0 spiro atoms. The number of nitrogens with two attached hydrogens (primary N) is 1. The number of anilines is 3. The Labute approximate surface area is 110 Å². The molecule has 0 aliphatic heterocycles. The van der Waals surface area contributed by atoms with Crippen molar-refractivity contribution in [3.05, 3.63) is 54.2 Å². The van der Waals surface area contributed by atoms with Crippen molar-refractivity contribution in [2.75, 3.05) is 11.1 Å². The number of aromatic nitrogens is 1. The number of H-pyrrole nitrogens is 1. The minimum Gasteiger partial charge on any atom is -0.397 e. The fraction of sp³-hybridized carbons (Fsp3) is 0. The quantitative estimate of drug-likeness (QED) is 0.608. The largest absolute Gasteiger partial charge is 0.397 e. The molecule has 0 unspecified atom stereocenters. The molecule has 4 N–H and O–H groups in total. The van der Waals surface area contributed by atoms with Gasteiger partial charge in [0.25, 0.3) is 0 Å². The summed E-state index contributed by atoms with van der Waals surface area (Å²) in [6.07, 6.45) is 1.89. The van der Waals surface area contributed by atoms with Gasteiger partial charge in [-0.1, -0.05) is 18.2 Å². The second-order valence-corrected chi connectivity index (χ2v) is 4.29.